The lowest BCUT2D eigenvalue weighted by atomic mass is 9.87. The number of amides is 1. The van der Waals surface area contributed by atoms with E-state index in [2.05, 4.69) is 20.3 Å². The van der Waals surface area contributed by atoms with Gasteiger partial charge in [-0.3, -0.25) is 9.36 Å². The predicted octanol–water partition coefficient (Wildman–Crippen LogP) is 3.85. The third kappa shape index (κ3) is 3.02. The van der Waals surface area contributed by atoms with Crippen molar-refractivity contribution in [2.45, 2.75) is 12.8 Å². The summed E-state index contributed by atoms with van der Waals surface area (Å²) in [6.07, 6.45) is 4.94. The molecule has 7 heteroatoms. The summed E-state index contributed by atoms with van der Waals surface area (Å²) >= 11 is 0. The van der Waals surface area contributed by atoms with Crippen molar-refractivity contribution in [1.29, 1.82) is 0 Å². The molecule has 3 heterocycles. The number of hydrogen-bond donors (Lipinski definition) is 1. The molecule has 5 rings (SSSR count). The zero-order chi connectivity index (χ0) is 19.8. The normalized spacial score (nSPS) is 12.6. The highest BCUT2D eigenvalue weighted by Crippen LogP contribution is 2.44. The molecule has 0 spiro atoms. The molecule has 4 aromatic rings. The first-order valence-electron chi connectivity index (χ1n) is 9.19. The summed E-state index contributed by atoms with van der Waals surface area (Å²) in [7, 11) is 0. The van der Waals surface area contributed by atoms with Crippen LogP contribution in [0.3, 0.4) is 0 Å². The van der Waals surface area contributed by atoms with Crippen LogP contribution >= 0.6 is 0 Å². The van der Waals surface area contributed by atoms with E-state index in [4.69, 9.17) is 4.74 Å². The van der Waals surface area contributed by atoms with E-state index in [1.807, 2.05) is 66.2 Å². The fourth-order valence-electron chi connectivity index (χ4n) is 3.56. The number of nitrogens with one attached hydrogen (secondary N) is 1. The summed E-state index contributed by atoms with van der Waals surface area (Å²) in [6, 6.07) is 16.9. The third-order valence-corrected chi connectivity index (χ3v) is 4.92. The Kier molecular flexibility index (Phi) is 4.05. The molecule has 0 bridgehead atoms. The lowest BCUT2D eigenvalue weighted by Gasteiger charge is -2.27. The first-order chi connectivity index (χ1) is 14.2. The highest BCUT2D eigenvalue weighted by atomic mass is 16.5. The van der Waals surface area contributed by atoms with E-state index < -0.39 is 5.92 Å². The van der Waals surface area contributed by atoms with Gasteiger partial charge in [0.25, 0.3) is 0 Å². The Bertz CT molecular complexity index is 1170. The summed E-state index contributed by atoms with van der Waals surface area (Å²) in [5.41, 5.74) is 1.65. The number of nitrogens with zero attached hydrogens (tertiary/aromatic N) is 4. The summed E-state index contributed by atoms with van der Waals surface area (Å²) in [5, 5.41) is 2.94. The first kappa shape index (κ1) is 17.1. The second-order valence-electron chi connectivity index (χ2n) is 6.71. The van der Waals surface area contributed by atoms with Gasteiger partial charge in [0.15, 0.2) is 0 Å². The van der Waals surface area contributed by atoms with Crippen LogP contribution in [0.1, 0.15) is 22.9 Å². The van der Waals surface area contributed by atoms with Crippen LogP contribution in [0.15, 0.2) is 73.3 Å². The molecule has 7 nitrogen and oxygen atoms in total. The molecule has 0 saturated heterocycles. The number of hydrogen-bond acceptors (Lipinski definition) is 5. The molecular weight excluding hydrogens is 366 g/mol. The maximum atomic E-state index is 13.3. The lowest BCUT2D eigenvalue weighted by molar-refractivity contribution is -0.116. The molecule has 142 valence electrons. The van der Waals surface area contributed by atoms with Crippen molar-refractivity contribution in [3.63, 3.8) is 0 Å². The minimum absolute atomic E-state index is 0.180. The highest BCUT2D eigenvalue weighted by molar-refractivity contribution is 5.99. The van der Waals surface area contributed by atoms with Crippen molar-refractivity contribution in [1.82, 2.24) is 19.5 Å². The minimum atomic E-state index is -0.496. The second kappa shape index (κ2) is 6.87. The Morgan fingerprint density at radius 2 is 1.69 bits per heavy atom. The fraction of sp³-hybridized carbons (Fsp3) is 0.0909. The number of carbonyl (C=O) groups is 1. The van der Waals surface area contributed by atoms with Crippen LogP contribution < -0.4 is 10.1 Å². The Hall–Kier alpha value is -4.00. The van der Waals surface area contributed by atoms with Crippen molar-refractivity contribution in [2.75, 3.05) is 5.32 Å². The third-order valence-electron chi connectivity index (χ3n) is 4.92. The van der Waals surface area contributed by atoms with Gasteiger partial charge in [-0.2, -0.15) is 0 Å². The molecule has 29 heavy (non-hydrogen) atoms. The molecule has 0 radical (unpaired) electrons. The summed E-state index contributed by atoms with van der Waals surface area (Å²) in [4.78, 5) is 26.0. The molecule has 1 aliphatic rings. The number of aryl methyl sites for hydroxylation is 1. The Morgan fingerprint density at radius 1 is 1.00 bits per heavy atom. The monoisotopic (exact) mass is 383 g/mol. The van der Waals surface area contributed by atoms with E-state index in [-0.39, 0.29) is 5.91 Å². The van der Waals surface area contributed by atoms with Crippen LogP contribution in [0.25, 0.3) is 5.82 Å². The SMILES string of the molecule is Cc1nccn1-c1cc(NC(=O)C2c3ccccc3Oc3ccccc32)ncn1. The number of ether oxygens (including phenoxy) is 1. The Morgan fingerprint density at radius 3 is 2.34 bits per heavy atom. The lowest BCUT2D eigenvalue weighted by Crippen LogP contribution is -2.25. The molecule has 0 aliphatic carbocycles. The molecule has 2 aromatic heterocycles. The Labute approximate surface area is 167 Å². The van der Waals surface area contributed by atoms with Crippen molar-refractivity contribution in [3.8, 4) is 17.3 Å². The highest BCUT2D eigenvalue weighted by Gasteiger charge is 2.32. The van der Waals surface area contributed by atoms with Crippen LogP contribution in [0.2, 0.25) is 0 Å². The zero-order valence-corrected chi connectivity index (χ0v) is 15.6. The van der Waals surface area contributed by atoms with Crippen LogP contribution in [0, 0.1) is 6.92 Å². The van der Waals surface area contributed by atoms with Crippen molar-refractivity contribution >= 4 is 11.7 Å². The maximum Gasteiger partial charge on any atom is 0.237 e. The first-order valence-corrected chi connectivity index (χ1v) is 9.19. The zero-order valence-electron chi connectivity index (χ0n) is 15.6. The van der Waals surface area contributed by atoms with Gasteiger partial charge in [0.05, 0.1) is 5.92 Å². The molecule has 0 unspecified atom stereocenters. The van der Waals surface area contributed by atoms with Crippen LogP contribution in [0.5, 0.6) is 11.5 Å². The molecule has 1 N–H and O–H groups in total. The number of para-hydroxylation sites is 2. The molecule has 2 aromatic carbocycles. The molecule has 0 atom stereocenters. The van der Waals surface area contributed by atoms with E-state index in [0.717, 1.165) is 17.0 Å². The minimum Gasteiger partial charge on any atom is -0.457 e. The molecule has 0 saturated carbocycles. The summed E-state index contributed by atoms with van der Waals surface area (Å²) in [5.74, 6) is 2.55. The van der Waals surface area contributed by atoms with Crippen molar-refractivity contribution < 1.29 is 9.53 Å². The number of anilines is 1. The van der Waals surface area contributed by atoms with Gasteiger partial charge < -0.3 is 10.1 Å². The Balaban J connectivity index is 1.50. The van der Waals surface area contributed by atoms with Gasteiger partial charge in [0.2, 0.25) is 5.91 Å². The number of aromatic nitrogens is 4. The fourth-order valence-corrected chi connectivity index (χ4v) is 3.56. The number of carbonyl (C=O) groups excluding carboxylic acids is 1. The van der Waals surface area contributed by atoms with Gasteiger partial charge in [-0.25, -0.2) is 15.0 Å². The second-order valence-corrected chi connectivity index (χ2v) is 6.71. The quantitative estimate of drug-likeness (QED) is 0.581. The van der Waals surface area contributed by atoms with E-state index in [1.165, 1.54) is 6.33 Å². The molecule has 1 aliphatic heterocycles. The standard InChI is InChI=1S/C22H17N5O2/c1-14-23-10-11-27(14)20-12-19(24-13-25-20)26-22(28)21-15-6-2-4-8-17(15)29-18-9-5-3-7-16(18)21/h2-13,21H,1H3,(H,24,25,26,28). The largest absolute Gasteiger partial charge is 0.457 e. The average Bonchev–Trinajstić information content (AvgIpc) is 3.18. The number of benzene rings is 2. The van der Waals surface area contributed by atoms with Crippen LogP contribution in [0.4, 0.5) is 5.82 Å². The van der Waals surface area contributed by atoms with E-state index in [0.29, 0.717) is 23.1 Å². The van der Waals surface area contributed by atoms with Gasteiger partial charge in [0.1, 0.15) is 35.3 Å². The van der Waals surface area contributed by atoms with Crippen LogP contribution in [-0.4, -0.2) is 25.4 Å². The topological polar surface area (TPSA) is 81.9 Å². The van der Waals surface area contributed by atoms with Gasteiger partial charge in [-0.05, 0) is 19.1 Å². The van der Waals surface area contributed by atoms with Gasteiger partial charge in [0, 0.05) is 29.6 Å². The van der Waals surface area contributed by atoms with Crippen LogP contribution in [-0.2, 0) is 4.79 Å². The molecule has 0 fully saturated rings. The van der Waals surface area contributed by atoms with Gasteiger partial charge >= 0.3 is 0 Å². The number of fused-ring (bicyclic) bond motifs is 2. The number of imidazole rings is 1. The maximum absolute atomic E-state index is 13.3. The van der Waals surface area contributed by atoms with Gasteiger partial charge in [-0.15, -0.1) is 0 Å². The smallest absolute Gasteiger partial charge is 0.237 e. The van der Waals surface area contributed by atoms with E-state index >= 15 is 0 Å². The number of rotatable bonds is 3. The molecular formula is C22H17N5O2. The predicted molar refractivity (Wildman–Crippen MR) is 107 cm³/mol. The van der Waals surface area contributed by atoms with Gasteiger partial charge in [-0.1, -0.05) is 36.4 Å². The van der Waals surface area contributed by atoms with E-state index in [1.54, 1.807) is 12.3 Å². The van der Waals surface area contributed by atoms with Crippen molar-refractivity contribution in [3.05, 3.63) is 90.3 Å². The molecule has 1 amide bonds. The summed E-state index contributed by atoms with van der Waals surface area (Å²) in [6.45, 7) is 1.89. The average molecular weight is 383 g/mol. The van der Waals surface area contributed by atoms with E-state index in [9.17, 15) is 4.79 Å². The van der Waals surface area contributed by atoms with Crippen molar-refractivity contribution in [2.24, 2.45) is 0 Å². The summed E-state index contributed by atoms with van der Waals surface area (Å²) < 4.78 is 7.80.